The average Bonchev–Trinajstić information content (AvgIpc) is 3.23. The summed E-state index contributed by atoms with van der Waals surface area (Å²) in [4.78, 5) is 19.4. The number of carbonyl (C=O) groups is 1. The molecule has 0 radical (unpaired) electrons. The van der Waals surface area contributed by atoms with Crippen LogP contribution in [0.2, 0.25) is 0 Å². The Morgan fingerprint density at radius 3 is 2.80 bits per heavy atom. The van der Waals surface area contributed by atoms with E-state index in [1.807, 2.05) is 0 Å². The first kappa shape index (κ1) is 19.8. The first-order chi connectivity index (χ1) is 14.6. The summed E-state index contributed by atoms with van der Waals surface area (Å²) in [5.41, 5.74) is 7.74. The lowest BCUT2D eigenvalue weighted by Crippen LogP contribution is -2.29. The zero-order chi connectivity index (χ0) is 20.9. The third-order valence-electron chi connectivity index (χ3n) is 5.33. The van der Waals surface area contributed by atoms with E-state index >= 15 is 0 Å². The van der Waals surface area contributed by atoms with Gasteiger partial charge >= 0.3 is 6.09 Å². The number of nitrogens with zero attached hydrogens (tertiary/aromatic N) is 4. The number of nitrogens with one attached hydrogen (secondary N) is 1. The fourth-order valence-corrected chi connectivity index (χ4v) is 3.78. The van der Waals surface area contributed by atoms with Crippen molar-refractivity contribution in [3.63, 3.8) is 0 Å². The van der Waals surface area contributed by atoms with E-state index in [1.54, 1.807) is 36.8 Å². The standard InChI is InChI=1S/C21H23FN6O2/c22-17-3-1-2-4-19(17)28-12-15(10-27-28)20-18(11-24-13-26-20)25-9-14-5-7-16(8-6-14)30-21(23)29/h1-4,10-14,16,25H,5-9H2,(H2,23,29). The minimum atomic E-state index is -0.710. The number of hydrogen-bond acceptors (Lipinski definition) is 6. The molecule has 3 aromatic rings. The highest BCUT2D eigenvalue weighted by Gasteiger charge is 2.23. The van der Waals surface area contributed by atoms with E-state index in [0.717, 1.165) is 43.5 Å². The number of amides is 1. The summed E-state index contributed by atoms with van der Waals surface area (Å²) in [7, 11) is 0. The van der Waals surface area contributed by atoms with Gasteiger partial charge in [-0.2, -0.15) is 5.10 Å². The number of rotatable bonds is 6. The number of carbonyl (C=O) groups excluding carboxylic acids is 1. The van der Waals surface area contributed by atoms with Crippen molar-refractivity contribution in [1.82, 2.24) is 19.7 Å². The normalized spacial score (nSPS) is 18.7. The van der Waals surface area contributed by atoms with Gasteiger partial charge in [0.05, 0.1) is 23.8 Å². The molecule has 1 saturated carbocycles. The van der Waals surface area contributed by atoms with Crippen molar-refractivity contribution in [2.75, 3.05) is 11.9 Å². The van der Waals surface area contributed by atoms with Crippen LogP contribution in [0.5, 0.6) is 0 Å². The Balaban J connectivity index is 1.43. The minimum Gasteiger partial charge on any atom is -0.446 e. The van der Waals surface area contributed by atoms with E-state index in [0.29, 0.717) is 17.3 Å². The summed E-state index contributed by atoms with van der Waals surface area (Å²) in [5, 5.41) is 7.71. The number of halogens is 1. The van der Waals surface area contributed by atoms with Crippen LogP contribution in [0, 0.1) is 11.7 Å². The lowest BCUT2D eigenvalue weighted by molar-refractivity contribution is 0.0725. The summed E-state index contributed by atoms with van der Waals surface area (Å²) in [5.74, 6) is 0.107. The van der Waals surface area contributed by atoms with Crippen molar-refractivity contribution in [3.8, 4) is 16.9 Å². The van der Waals surface area contributed by atoms with Crippen molar-refractivity contribution in [1.29, 1.82) is 0 Å². The Hall–Kier alpha value is -3.49. The molecule has 30 heavy (non-hydrogen) atoms. The third-order valence-corrected chi connectivity index (χ3v) is 5.33. The van der Waals surface area contributed by atoms with Crippen molar-refractivity contribution < 1.29 is 13.9 Å². The molecule has 9 heteroatoms. The summed E-state index contributed by atoms with van der Waals surface area (Å²) >= 11 is 0. The third kappa shape index (κ3) is 4.56. The largest absolute Gasteiger partial charge is 0.446 e. The van der Waals surface area contributed by atoms with Gasteiger partial charge in [0, 0.05) is 18.3 Å². The predicted octanol–water partition coefficient (Wildman–Crippen LogP) is 3.53. The van der Waals surface area contributed by atoms with E-state index in [2.05, 4.69) is 20.4 Å². The van der Waals surface area contributed by atoms with Gasteiger partial charge in [-0.15, -0.1) is 0 Å². The molecule has 0 atom stereocenters. The van der Waals surface area contributed by atoms with Crippen molar-refractivity contribution in [2.45, 2.75) is 31.8 Å². The number of para-hydroxylation sites is 1. The first-order valence-electron chi connectivity index (χ1n) is 9.90. The lowest BCUT2D eigenvalue weighted by Gasteiger charge is -2.28. The van der Waals surface area contributed by atoms with Crippen LogP contribution >= 0.6 is 0 Å². The average molecular weight is 410 g/mol. The molecule has 0 saturated heterocycles. The summed E-state index contributed by atoms with van der Waals surface area (Å²) < 4.78 is 20.6. The van der Waals surface area contributed by atoms with Gasteiger partial charge in [-0.3, -0.25) is 0 Å². The molecule has 4 rings (SSSR count). The van der Waals surface area contributed by atoms with Gasteiger partial charge < -0.3 is 15.8 Å². The van der Waals surface area contributed by atoms with Gasteiger partial charge in [-0.05, 0) is 43.7 Å². The van der Waals surface area contributed by atoms with Crippen LogP contribution < -0.4 is 11.1 Å². The molecule has 3 N–H and O–H groups in total. The Bertz CT molecular complexity index is 1020. The Kier molecular flexibility index (Phi) is 5.87. The smallest absolute Gasteiger partial charge is 0.404 e. The predicted molar refractivity (Wildman–Crippen MR) is 109 cm³/mol. The molecular formula is C21H23FN6O2. The Morgan fingerprint density at radius 2 is 2.03 bits per heavy atom. The summed E-state index contributed by atoms with van der Waals surface area (Å²) in [6.07, 6.45) is 9.32. The fraction of sp³-hybridized carbons (Fsp3) is 0.333. The Labute approximate surface area is 173 Å². The van der Waals surface area contributed by atoms with Crippen LogP contribution in [-0.4, -0.2) is 38.5 Å². The van der Waals surface area contributed by atoms with E-state index < -0.39 is 6.09 Å². The number of hydrogen-bond donors (Lipinski definition) is 2. The monoisotopic (exact) mass is 410 g/mol. The molecule has 8 nitrogen and oxygen atoms in total. The summed E-state index contributed by atoms with van der Waals surface area (Å²) in [6.45, 7) is 0.755. The van der Waals surface area contributed by atoms with E-state index in [4.69, 9.17) is 10.5 Å². The molecule has 1 amide bonds. The molecule has 1 aliphatic rings. The second-order valence-corrected chi connectivity index (χ2v) is 7.37. The van der Waals surface area contributed by atoms with Gasteiger partial charge in [-0.25, -0.2) is 23.8 Å². The van der Waals surface area contributed by atoms with Crippen LogP contribution in [0.3, 0.4) is 0 Å². The SMILES string of the molecule is NC(=O)OC1CCC(CNc2cncnc2-c2cnn(-c3ccccc3F)c2)CC1. The molecule has 0 spiro atoms. The van der Waals surface area contributed by atoms with E-state index in [1.165, 1.54) is 17.1 Å². The molecule has 2 aromatic heterocycles. The van der Waals surface area contributed by atoms with Gasteiger partial charge in [-0.1, -0.05) is 12.1 Å². The number of aromatic nitrogens is 4. The van der Waals surface area contributed by atoms with Crippen molar-refractivity contribution in [3.05, 3.63) is 55.0 Å². The zero-order valence-electron chi connectivity index (χ0n) is 16.4. The maximum atomic E-state index is 14.1. The van der Waals surface area contributed by atoms with Gasteiger partial charge in [0.1, 0.15) is 23.9 Å². The number of ether oxygens (including phenoxy) is 1. The number of primary amides is 1. The zero-order valence-corrected chi connectivity index (χ0v) is 16.4. The van der Waals surface area contributed by atoms with Crippen molar-refractivity contribution >= 4 is 11.8 Å². The second kappa shape index (κ2) is 8.89. The molecule has 2 heterocycles. The van der Waals surface area contributed by atoms with Crippen LogP contribution in [0.25, 0.3) is 16.9 Å². The van der Waals surface area contributed by atoms with Gasteiger partial charge in [0.2, 0.25) is 0 Å². The molecule has 0 bridgehead atoms. The van der Waals surface area contributed by atoms with Crippen molar-refractivity contribution in [2.24, 2.45) is 11.7 Å². The topological polar surface area (TPSA) is 108 Å². The highest BCUT2D eigenvalue weighted by atomic mass is 19.1. The highest BCUT2D eigenvalue weighted by molar-refractivity contribution is 5.72. The molecule has 1 aromatic carbocycles. The summed E-state index contributed by atoms with van der Waals surface area (Å²) in [6, 6.07) is 6.48. The van der Waals surface area contributed by atoms with Crippen LogP contribution in [0.4, 0.5) is 14.9 Å². The molecule has 0 unspecified atom stereocenters. The quantitative estimate of drug-likeness (QED) is 0.644. The maximum Gasteiger partial charge on any atom is 0.404 e. The second-order valence-electron chi connectivity index (χ2n) is 7.37. The van der Waals surface area contributed by atoms with E-state index in [9.17, 15) is 9.18 Å². The molecule has 156 valence electrons. The van der Waals surface area contributed by atoms with Gasteiger partial charge in [0.15, 0.2) is 0 Å². The minimum absolute atomic E-state index is 0.0846. The molecule has 0 aliphatic heterocycles. The highest BCUT2D eigenvalue weighted by Crippen LogP contribution is 2.29. The molecular weight excluding hydrogens is 387 g/mol. The maximum absolute atomic E-state index is 14.1. The van der Waals surface area contributed by atoms with Crippen LogP contribution in [0.1, 0.15) is 25.7 Å². The van der Waals surface area contributed by atoms with Crippen LogP contribution in [-0.2, 0) is 4.74 Å². The van der Waals surface area contributed by atoms with Gasteiger partial charge in [0.25, 0.3) is 0 Å². The number of nitrogens with two attached hydrogens (primary N) is 1. The number of anilines is 1. The lowest BCUT2D eigenvalue weighted by atomic mass is 9.87. The van der Waals surface area contributed by atoms with Crippen LogP contribution in [0.15, 0.2) is 49.2 Å². The molecule has 1 aliphatic carbocycles. The number of benzene rings is 1. The first-order valence-corrected chi connectivity index (χ1v) is 9.90. The Morgan fingerprint density at radius 1 is 1.23 bits per heavy atom. The fourth-order valence-electron chi connectivity index (χ4n) is 3.78. The van der Waals surface area contributed by atoms with E-state index in [-0.39, 0.29) is 11.9 Å². The molecule has 1 fully saturated rings.